The summed E-state index contributed by atoms with van der Waals surface area (Å²) < 4.78 is 10.4. The molecule has 24 heavy (non-hydrogen) atoms. The van der Waals surface area contributed by atoms with Crippen LogP contribution in [0.2, 0.25) is 0 Å². The second kappa shape index (κ2) is 6.39. The summed E-state index contributed by atoms with van der Waals surface area (Å²) in [4.78, 5) is 25.7. The fraction of sp³-hybridized carbons (Fsp3) is 0.333. The van der Waals surface area contributed by atoms with E-state index in [0.29, 0.717) is 36.7 Å². The average Bonchev–Trinajstić information content (AvgIpc) is 3.03. The molecule has 0 bridgehead atoms. The van der Waals surface area contributed by atoms with E-state index in [4.69, 9.17) is 9.15 Å². The quantitative estimate of drug-likeness (QED) is 0.933. The Labute approximate surface area is 140 Å². The van der Waals surface area contributed by atoms with Crippen LogP contribution in [0.15, 0.2) is 28.7 Å². The van der Waals surface area contributed by atoms with Crippen LogP contribution < -0.4 is 5.32 Å². The number of furan rings is 1. The molecular formula is C18H20N2O4. The van der Waals surface area contributed by atoms with Crippen molar-refractivity contribution in [2.24, 2.45) is 0 Å². The monoisotopic (exact) mass is 328 g/mol. The number of benzene rings is 1. The zero-order valence-electron chi connectivity index (χ0n) is 14.0. The Morgan fingerprint density at radius 2 is 2.04 bits per heavy atom. The first kappa shape index (κ1) is 16.1. The van der Waals surface area contributed by atoms with E-state index in [-0.39, 0.29) is 12.0 Å². The molecule has 1 aliphatic heterocycles. The number of amides is 2. The van der Waals surface area contributed by atoms with Gasteiger partial charge in [-0.3, -0.25) is 4.79 Å². The van der Waals surface area contributed by atoms with Crippen molar-refractivity contribution in [2.75, 3.05) is 18.5 Å². The van der Waals surface area contributed by atoms with E-state index in [0.717, 1.165) is 16.9 Å². The molecule has 1 fully saturated rings. The zero-order chi connectivity index (χ0) is 17.3. The highest BCUT2D eigenvalue weighted by Crippen LogP contribution is 2.22. The van der Waals surface area contributed by atoms with Crippen molar-refractivity contribution in [3.05, 3.63) is 52.5 Å². The molecule has 0 saturated carbocycles. The summed E-state index contributed by atoms with van der Waals surface area (Å²) in [6, 6.07) is 7.45. The van der Waals surface area contributed by atoms with Crippen LogP contribution in [-0.2, 0) is 11.3 Å². The minimum Gasteiger partial charge on any atom is -0.466 e. The lowest BCUT2D eigenvalue weighted by molar-refractivity contribution is 0.102. The highest BCUT2D eigenvalue weighted by atomic mass is 16.6. The Hall–Kier alpha value is -2.76. The second-order valence-corrected chi connectivity index (χ2v) is 5.90. The van der Waals surface area contributed by atoms with Crippen LogP contribution in [0.5, 0.6) is 0 Å². The van der Waals surface area contributed by atoms with Gasteiger partial charge in [-0.05, 0) is 38.5 Å². The number of cyclic esters (lactones) is 1. The van der Waals surface area contributed by atoms with Crippen LogP contribution in [0.25, 0.3) is 0 Å². The summed E-state index contributed by atoms with van der Waals surface area (Å²) in [6.07, 6.45) is -0.301. The van der Waals surface area contributed by atoms with E-state index < -0.39 is 0 Å². The number of carbonyl (C=O) groups is 2. The summed E-state index contributed by atoms with van der Waals surface area (Å²) in [5, 5.41) is 2.90. The molecule has 1 N–H and O–H groups in total. The first-order valence-electron chi connectivity index (χ1n) is 7.84. The number of aryl methyl sites for hydroxylation is 2. The summed E-state index contributed by atoms with van der Waals surface area (Å²) in [5.74, 6) is 1.16. The van der Waals surface area contributed by atoms with Crippen molar-refractivity contribution in [3.63, 3.8) is 0 Å². The molecule has 2 amide bonds. The second-order valence-electron chi connectivity index (χ2n) is 5.90. The lowest BCUT2D eigenvalue weighted by Gasteiger charge is -2.13. The van der Waals surface area contributed by atoms with Crippen LogP contribution in [-0.4, -0.2) is 30.1 Å². The van der Waals surface area contributed by atoms with Gasteiger partial charge in [-0.1, -0.05) is 12.1 Å². The van der Waals surface area contributed by atoms with Gasteiger partial charge in [-0.25, -0.2) is 4.79 Å². The Bertz CT molecular complexity index is 794. The van der Waals surface area contributed by atoms with Gasteiger partial charge in [-0.15, -0.1) is 0 Å². The first-order valence-corrected chi connectivity index (χ1v) is 7.84. The SMILES string of the molecule is Cc1oc(C)c(C(=O)Nc2cccc(CN3CCOC3=O)c2)c1C. The Morgan fingerprint density at radius 1 is 1.25 bits per heavy atom. The van der Waals surface area contributed by atoms with Gasteiger partial charge in [0.15, 0.2) is 0 Å². The molecule has 0 unspecified atom stereocenters. The number of nitrogens with one attached hydrogen (secondary N) is 1. The van der Waals surface area contributed by atoms with E-state index in [1.807, 2.05) is 38.1 Å². The lowest BCUT2D eigenvalue weighted by atomic mass is 10.1. The van der Waals surface area contributed by atoms with Crippen molar-refractivity contribution in [3.8, 4) is 0 Å². The molecule has 2 heterocycles. The van der Waals surface area contributed by atoms with Gasteiger partial charge in [0, 0.05) is 17.8 Å². The van der Waals surface area contributed by atoms with Gasteiger partial charge in [0.1, 0.15) is 18.1 Å². The fourth-order valence-electron chi connectivity index (χ4n) is 2.86. The third kappa shape index (κ3) is 3.13. The minimum atomic E-state index is -0.301. The van der Waals surface area contributed by atoms with E-state index in [1.54, 1.807) is 11.8 Å². The standard InChI is InChI=1S/C18H20N2O4/c1-11-12(2)24-13(3)16(11)17(21)19-15-6-4-5-14(9-15)10-20-7-8-23-18(20)22/h4-6,9H,7-8,10H2,1-3H3,(H,19,21). The predicted molar refractivity (Wildman–Crippen MR) is 89.1 cm³/mol. The molecule has 2 aromatic rings. The Morgan fingerprint density at radius 3 is 2.67 bits per heavy atom. The number of hydrogen-bond donors (Lipinski definition) is 1. The van der Waals surface area contributed by atoms with Crippen LogP contribution in [0, 0.1) is 20.8 Å². The average molecular weight is 328 g/mol. The Balaban J connectivity index is 1.74. The maximum absolute atomic E-state index is 12.5. The maximum Gasteiger partial charge on any atom is 0.410 e. The Kier molecular flexibility index (Phi) is 4.29. The number of ether oxygens (including phenoxy) is 1. The molecule has 1 aromatic heterocycles. The molecule has 0 atom stereocenters. The molecule has 6 nitrogen and oxygen atoms in total. The molecule has 126 valence electrons. The normalized spacial score (nSPS) is 14.0. The summed E-state index contributed by atoms with van der Waals surface area (Å²) in [5.41, 5.74) is 3.04. The van der Waals surface area contributed by atoms with Crippen molar-refractivity contribution >= 4 is 17.7 Å². The zero-order valence-corrected chi connectivity index (χ0v) is 14.0. The largest absolute Gasteiger partial charge is 0.466 e. The number of hydrogen-bond acceptors (Lipinski definition) is 4. The van der Waals surface area contributed by atoms with E-state index in [1.165, 1.54) is 0 Å². The van der Waals surface area contributed by atoms with Crippen LogP contribution in [0.3, 0.4) is 0 Å². The summed E-state index contributed by atoms with van der Waals surface area (Å²) in [6.45, 7) is 6.97. The molecule has 0 radical (unpaired) electrons. The highest BCUT2D eigenvalue weighted by Gasteiger charge is 2.22. The van der Waals surface area contributed by atoms with E-state index in [9.17, 15) is 9.59 Å². The highest BCUT2D eigenvalue weighted by molar-refractivity contribution is 6.06. The number of anilines is 1. The minimum absolute atomic E-state index is 0.195. The molecule has 6 heteroatoms. The van der Waals surface area contributed by atoms with Crippen molar-refractivity contribution in [2.45, 2.75) is 27.3 Å². The molecule has 1 aliphatic rings. The summed E-state index contributed by atoms with van der Waals surface area (Å²) in [7, 11) is 0. The maximum atomic E-state index is 12.5. The van der Waals surface area contributed by atoms with Crippen LogP contribution in [0.1, 0.15) is 33.0 Å². The summed E-state index contributed by atoms with van der Waals surface area (Å²) >= 11 is 0. The smallest absolute Gasteiger partial charge is 0.410 e. The number of rotatable bonds is 4. The molecule has 0 spiro atoms. The van der Waals surface area contributed by atoms with Crippen LogP contribution in [0.4, 0.5) is 10.5 Å². The molecule has 1 aromatic carbocycles. The third-order valence-electron chi connectivity index (χ3n) is 4.19. The van der Waals surface area contributed by atoms with Gasteiger partial charge < -0.3 is 19.4 Å². The van der Waals surface area contributed by atoms with Gasteiger partial charge in [0.2, 0.25) is 0 Å². The van der Waals surface area contributed by atoms with Gasteiger partial charge >= 0.3 is 6.09 Å². The molecule has 3 rings (SSSR count). The first-order chi connectivity index (χ1) is 11.5. The fourth-order valence-corrected chi connectivity index (χ4v) is 2.86. The topological polar surface area (TPSA) is 71.8 Å². The molecular weight excluding hydrogens is 308 g/mol. The molecule has 1 saturated heterocycles. The van der Waals surface area contributed by atoms with Crippen molar-refractivity contribution in [1.82, 2.24) is 4.90 Å². The van der Waals surface area contributed by atoms with E-state index >= 15 is 0 Å². The van der Waals surface area contributed by atoms with Gasteiger partial charge in [0.05, 0.1) is 12.1 Å². The van der Waals surface area contributed by atoms with Crippen molar-refractivity contribution in [1.29, 1.82) is 0 Å². The molecule has 0 aliphatic carbocycles. The number of nitrogens with zero attached hydrogens (tertiary/aromatic N) is 1. The van der Waals surface area contributed by atoms with Crippen LogP contribution >= 0.6 is 0 Å². The number of carbonyl (C=O) groups excluding carboxylic acids is 2. The lowest BCUT2D eigenvalue weighted by Crippen LogP contribution is -2.23. The van der Waals surface area contributed by atoms with E-state index in [2.05, 4.69) is 5.32 Å². The third-order valence-corrected chi connectivity index (χ3v) is 4.19. The van der Waals surface area contributed by atoms with Gasteiger partial charge in [-0.2, -0.15) is 0 Å². The van der Waals surface area contributed by atoms with Gasteiger partial charge in [0.25, 0.3) is 5.91 Å². The van der Waals surface area contributed by atoms with Crippen molar-refractivity contribution < 1.29 is 18.7 Å². The predicted octanol–water partition coefficient (Wildman–Crippen LogP) is 3.41.